The Balaban J connectivity index is 1.47. The first-order valence-electron chi connectivity index (χ1n) is 11.1. The Hall–Kier alpha value is -3.36. The fourth-order valence-corrected chi connectivity index (χ4v) is 4.65. The number of hydrogen-bond acceptors (Lipinski definition) is 6. The minimum absolute atomic E-state index is 0.169. The highest BCUT2D eigenvalue weighted by atomic mass is 19.4. The van der Waals surface area contributed by atoms with E-state index in [2.05, 4.69) is 21.5 Å². The van der Waals surface area contributed by atoms with Crippen LogP contribution in [0.1, 0.15) is 30.5 Å². The number of rotatable bonds is 5. The Kier molecular flexibility index (Phi) is 5.79. The molecule has 0 bridgehead atoms. The van der Waals surface area contributed by atoms with E-state index in [4.69, 9.17) is 4.74 Å². The highest BCUT2D eigenvalue weighted by Crippen LogP contribution is 2.40. The summed E-state index contributed by atoms with van der Waals surface area (Å²) in [5.41, 5.74) is 0.860. The Labute approximate surface area is 192 Å². The predicted octanol–water partition coefficient (Wildman–Crippen LogP) is 3.88. The van der Waals surface area contributed by atoms with E-state index >= 15 is 0 Å². The molecule has 0 aliphatic carbocycles. The van der Waals surface area contributed by atoms with Gasteiger partial charge < -0.3 is 15.0 Å². The topological polar surface area (TPSA) is 99.0 Å². The van der Waals surface area contributed by atoms with Gasteiger partial charge in [0.25, 0.3) is 5.56 Å². The zero-order valence-corrected chi connectivity index (χ0v) is 18.2. The molecule has 2 aliphatic rings. The lowest BCUT2D eigenvalue weighted by Crippen LogP contribution is -2.46. The van der Waals surface area contributed by atoms with Crippen molar-refractivity contribution in [2.24, 2.45) is 5.92 Å². The third kappa shape index (κ3) is 4.03. The molecule has 34 heavy (non-hydrogen) atoms. The van der Waals surface area contributed by atoms with Crippen molar-refractivity contribution < 1.29 is 17.9 Å². The molecule has 0 amide bonds. The fourth-order valence-electron chi connectivity index (χ4n) is 4.65. The van der Waals surface area contributed by atoms with Crippen LogP contribution in [0.15, 0.2) is 41.3 Å². The lowest BCUT2D eigenvalue weighted by atomic mass is 9.96. The number of ether oxygens (including phenoxy) is 1. The number of alkyl halides is 3. The number of nitriles is 1. The monoisotopic (exact) mass is 472 g/mol. The molecular weight excluding hydrogens is 449 g/mol. The summed E-state index contributed by atoms with van der Waals surface area (Å²) in [4.78, 5) is 16.7. The minimum atomic E-state index is -4.36. The number of anilines is 2. The molecule has 4 heterocycles. The van der Waals surface area contributed by atoms with Gasteiger partial charge in [-0.25, -0.2) is 0 Å². The van der Waals surface area contributed by atoms with Gasteiger partial charge >= 0.3 is 6.18 Å². The summed E-state index contributed by atoms with van der Waals surface area (Å²) in [6, 6.07) is 8.02. The summed E-state index contributed by atoms with van der Waals surface area (Å²) in [7, 11) is 0. The number of nitrogens with one attached hydrogen (secondary N) is 2. The van der Waals surface area contributed by atoms with Gasteiger partial charge in [-0.05, 0) is 36.6 Å². The van der Waals surface area contributed by atoms with Gasteiger partial charge in [0, 0.05) is 31.6 Å². The average Bonchev–Trinajstić information content (AvgIpc) is 3.15. The number of pyridine rings is 1. The molecule has 0 radical (unpaired) electrons. The van der Waals surface area contributed by atoms with Gasteiger partial charge in [0.1, 0.15) is 11.4 Å². The van der Waals surface area contributed by atoms with E-state index in [0.29, 0.717) is 49.3 Å². The molecule has 11 heteroatoms. The van der Waals surface area contributed by atoms with E-state index in [9.17, 15) is 23.2 Å². The van der Waals surface area contributed by atoms with Crippen LogP contribution < -0.4 is 10.9 Å². The van der Waals surface area contributed by atoms with Gasteiger partial charge in [-0.2, -0.15) is 23.5 Å². The summed E-state index contributed by atoms with van der Waals surface area (Å²) in [5, 5.41) is 17.5. The summed E-state index contributed by atoms with van der Waals surface area (Å²) in [6.07, 6.45) is -1.53. The Morgan fingerprint density at radius 3 is 2.65 bits per heavy atom. The second kappa shape index (κ2) is 8.77. The zero-order valence-electron chi connectivity index (χ0n) is 18.2. The third-order valence-electron chi connectivity index (χ3n) is 6.49. The first kappa shape index (κ1) is 22.4. The van der Waals surface area contributed by atoms with Crippen LogP contribution in [-0.4, -0.2) is 52.1 Å². The molecule has 2 N–H and O–H groups in total. The highest BCUT2D eigenvalue weighted by molar-refractivity contribution is 5.91. The Morgan fingerprint density at radius 2 is 2.00 bits per heavy atom. The van der Waals surface area contributed by atoms with Crippen LogP contribution in [-0.2, 0) is 4.74 Å². The molecule has 5 rings (SSSR count). The molecule has 2 aliphatic heterocycles. The fraction of sp³-hybridized carbons (Fsp3) is 0.435. The molecule has 2 aromatic heterocycles. The lowest BCUT2D eigenvalue weighted by molar-refractivity contribution is -0.195. The van der Waals surface area contributed by atoms with Crippen molar-refractivity contribution in [1.82, 2.24) is 19.7 Å². The molecule has 3 atom stereocenters. The maximum Gasteiger partial charge on any atom is 0.408 e. The van der Waals surface area contributed by atoms with Crippen molar-refractivity contribution in [1.29, 1.82) is 5.26 Å². The van der Waals surface area contributed by atoms with Crippen LogP contribution in [0.25, 0.3) is 10.9 Å². The number of likely N-dealkylation sites (tertiary alicyclic amines) is 1. The van der Waals surface area contributed by atoms with E-state index in [-0.39, 0.29) is 28.9 Å². The summed E-state index contributed by atoms with van der Waals surface area (Å²) >= 11 is 0. The molecule has 8 nitrogen and oxygen atoms in total. The van der Waals surface area contributed by atoms with Crippen molar-refractivity contribution in [3.63, 3.8) is 0 Å². The van der Waals surface area contributed by atoms with Crippen molar-refractivity contribution in [3.8, 4) is 6.07 Å². The standard InChI is InChI=1S/C23H23F3N6O2/c24-23(25,26)20(31-9-1-10-31)14-2-4-16(5-3-14)29-21-19-17(6-8-28-22(19)33)32(30-21)18-13-34-11-7-15(18)12-27/h2-6,8,15,18,20H,1,7,9-11,13H2,(H,28,33)(H,29,30)/t15-,18+,20?/m1/s1. The third-order valence-corrected chi connectivity index (χ3v) is 6.49. The van der Waals surface area contributed by atoms with Crippen molar-refractivity contribution >= 4 is 22.4 Å². The number of fused-ring (bicyclic) bond motifs is 1. The molecule has 0 spiro atoms. The van der Waals surface area contributed by atoms with Gasteiger partial charge in [-0.3, -0.25) is 14.4 Å². The van der Waals surface area contributed by atoms with E-state index in [1.54, 1.807) is 22.9 Å². The zero-order chi connectivity index (χ0) is 23.9. The van der Waals surface area contributed by atoms with Gasteiger partial charge in [0.2, 0.25) is 0 Å². The summed E-state index contributed by atoms with van der Waals surface area (Å²) in [6.45, 7) is 1.63. The summed E-state index contributed by atoms with van der Waals surface area (Å²) < 4.78 is 48.1. The van der Waals surface area contributed by atoms with Crippen molar-refractivity contribution in [2.45, 2.75) is 31.1 Å². The maximum atomic E-state index is 13.6. The van der Waals surface area contributed by atoms with Crippen LogP contribution in [0.4, 0.5) is 24.7 Å². The van der Waals surface area contributed by atoms with Crippen molar-refractivity contribution in [3.05, 3.63) is 52.4 Å². The van der Waals surface area contributed by atoms with Crippen LogP contribution in [0.3, 0.4) is 0 Å². The number of halogens is 3. The van der Waals surface area contributed by atoms with Crippen molar-refractivity contribution in [2.75, 3.05) is 31.6 Å². The summed E-state index contributed by atoms with van der Waals surface area (Å²) in [5.74, 6) is -0.0499. The Bertz CT molecular complexity index is 1270. The predicted molar refractivity (Wildman–Crippen MR) is 119 cm³/mol. The second-order valence-electron chi connectivity index (χ2n) is 8.61. The number of nitrogens with zero attached hydrogens (tertiary/aromatic N) is 4. The maximum absolute atomic E-state index is 13.6. The number of aromatic amines is 1. The van der Waals surface area contributed by atoms with Gasteiger partial charge in [-0.15, -0.1) is 0 Å². The van der Waals surface area contributed by atoms with Crippen LogP contribution in [0, 0.1) is 17.2 Å². The second-order valence-corrected chi connectivity index (χ2v) is 8.61. The number of aromatic nitrogens is 3. The SMILES string of the molecule is N#C[C@H]1CCOC[C@@H]1n1nc(Nc2ccc(C(N3CCC3)C(F)(F)F)cc2)c2c(=O)[nH]ccc21. The van der Waals surface area contributed by atoms with Gasteiger partial charge in [0.05, 0.1) is 30.2 Å². The van der Waals surface area contributed by atoms with Gasteiger partial charge in [0.15, 0.2) is 5.82 Å². The molecule has 1 unspecified atom stereocenters. The molecular formula is C23H23F3N6O2. The van der Waals surface area contributed by atoms with E-state index in [0.717, 1.165) is 6.42 Å². The molecule has 178 valence electrons. The first-order valence-corrected chi connectivity index (χ1v) is 11.1. The number of benzene rings is 1. The first-order chi connectivity index (χ1) is 16.4. The van der Waals surface area contributed by atoms with E-state index in [1.165, 1.54) is 23.2 Å². The Morgan fingerprint density at radius 1 is 1.24 bits per heavy atom. The van der Waals surface area contributed by atoms with E-state index < -0.39 is 12.2 Å². The van der Waals surface area contributed by atoms with Crippen LogP contribution in [0.2, 0.25) is 0 Å². The molecule has 2 saturated heterocycles. The smallest absolute Gasteiger partial charge is 0.379 e. The highest BCUT2D eigenvalue weighted by Gasteiger charge is 2.46. The molecule has 1 aromatic carbocycles. The largest absolute Gasteiger partial charge is 0.408 e. The minimum Gasteiger partial charge on any atom is -0.379 e. The number of H-pyrrole nitrogens is 1. The quantitative estimate of drug-likeness (QED) is 0.585. The van der Waals surface area contributed by atoms with Gasteiger partial charge in [-0.1, -0.05) is 12.1 Å². The van der Waals surface area contributed by atoms with Crippen LogP contribution in [0.5, 0.6) is 0 Å². The normalized spacial score (nSPS) is 22.2. The van der Waals surface area contributed by atoms with Crippen LogP contribution >= 0.6 is 0 Å². The van der Waals surface area contributed by atoms with E-state index in [1.807, 2.05) is 0 Å². The lowest BCUT2D eigenvalue weighted by Gasteiger charge is -2.39. The number of hydrogen-bond donors (Lipinski definition) is 2. The molecule has 2 fully saturated rings. The molecule has 0 saturated carbocycles. The average molecular weight is 472 g/mol. The molecule has 3 aromatic rings.